The molecule has 0 fully saturated rings. The number of hydrogen-bond acceptors (Lipinski definition) is 2. The molecular weight excluding hydrogens is 284 g/mol. The van der Waals surface area contributed by atoms with Crippen molar-refractivity contribution in [3.63, 3.8) is 0 Å². The predicted octanol–water partition coefficient (Wildman–Crippen LogP) is 4.81. The van der Waals surface area contributed by atoms with Crippen molar-refractivity contribution in [1.82, 2.24) is 0 Å². The van der Waals surface area contributed by atoms with Gasteiger partial charge < -0.3 is 10.2 Å². The summed E-state index contributed by atoms with van der Waals surface area (Å²) in [6.45, 7) is 9.71. The normalized spacial score (nSPS) is 16.3. The molecule has 128 valence electrons. The first-order chi connectivity index (χ1) is 11.0. The zero-order chi connectivity index (χ0) is 17.2. The molecule has 2 N–H and O–H groups in total. The molecule has 0 aliphatic heterocycles. The molecule has 1 rings (SSSR count). The Bertz CT molecular complexity index is 468. The lowest BCUT2D eigenvalue weighted by molar-refractivity contribution is 0.0189. The Morgan fingerprint density at radius 3 is 1.96 bits per heavy atom. The Balaban J connectivity index is 2.55. The van der Waals surface area contributed by atoms with Crippen LogP contribution >= 0.6 is 0 Å². The molecule has 0 saturated carbocycles. The number of benzene rings is 1. The number of unbranched alkanes of at least 4 members (excludes halogenated alkanes) is 2. The minimum Gasteiger partial charge on any atom is -0.386 e. The van der Waals surface area contributed by atoms with Gasteiger partial charge in [0.25, 0.3) is 0 Å². The fourth-order valence-corrected chi connectivity index (χ4v) is 2.78. The van der Waals surface area contributed by atoms with Crippen molar-refractivity contribution >= 4 is 0 Å². The quantitative estimate of drug-likeness (QED) is 0.429. The zero-order valence-electron chi connectivity index (χ0n) is 14.5. The molecule has 0 aliphatic carbocycles. The summed E-state index contributed by atoms with van der Waals surface area (Å²) in [4.78, 5) is 0. The molecule has 2 heteroatoms. The number of aryl methyl sites for hydroxylation is 1. The van der Waals surface area contributed by atoms with Gasteiger partial charge in [0.15, 0.2) is 0 Å². The molecule has 0 amide bonds. The van der Waals surface area contributed by atoms with Crippen LogP contribution in [0.25, 0.3) is 0 Å². The van der Waals surface area contributed by atoms with Crippen LogP contribution in [0.3, 0.4) is 0 Å². The van der Waals surface area contributed by atoms with E-state index in [1.165, 1.54) is 5.56 Å². The van der Waals surface area contributed by atoms with Crippen molar-refractivity contribution in [2.24, 2.45) is 0 Å². The van der Waals surface area contributed by atoms with E-state index in [-0.39, 0.29) is 0 Å². The van der Waals surface area contributed by atoms with E-state index in [2.05, 4.69) is 32.2 Å². The Labute approximate surface area is 141 Å². The molecule has 0 aromatic heterocycles. The largest absolute Gasteiger partial charge is 0.386 e. The van der Waals surface area contributed by atoms with Crippen molar-refractivity contribution in [2.75, 3.05) is 0 Å². The summed E-state index contributed by atoms with van der Waals surface area (Å²) in [5.41, 5.74) is -0.633. The van der Waals surface area contributed by atoms with Crippen molar-refractivity contribution in [3.05, 3.63) is 61.2 Å². The second kappa shape index (κ2) is 9.69. The summed E-state index contributed by atoms with van der Waals surface area (Å²) in [5.74, 6) is 0. The molecule has 0 aliphatic rings. The second-order valence-corrected chi connectivity index (χ2v) is 6.56. The van der Waals surface area contributed by atoms with E-state index in [9.17, 15) is 10.2 Å². The molecule has 2 atom stereocenters. The minimum atomic E-state index is -0.947. The molecule has 0 heterocycles. The Morgan fingerprint density at radius 1 is 0.870 bits per heavy atom. The Hall–Kier alpha value is -1.38. The van der Waals surface area contributed by atoms with Crippen LogP contribution in [0.15, 0.2) is 55.6 Å². The molecule has 0 saturated heterocycles. The monoisotopic (exact) mass is 316 g/mol. The van der Waals surface area contributed by atoms with Gasteiger partial charge in [0.2, 0.25) is 0 Å². The lowest BCUT2D eigenvalue weighted by Gasteiger charge is -2.30. The van der Waals surface area contributed by atoms with Crippen LogP contribution in [0.5, 0.6) is 0 Å². The first kappa shape index (κ1) is 19.7. The first-order valence-electron chi connectivity index (χ1n) is 8.73. The highest BCUT2D eigenvalue weighted by Crippen LogP contribution is 2.29. The SMILES string of the molecule is C=CC(O)(CCCCC)CCC(O)(C=C)CCc1ccccc1. The highest BCUT2D eigenvalue weighted by molar-refractivity contribution is 5.16. The maximum absolute atomic E-state index is 10.7. The van der Waals surface area contributed by atoms with Crippen molar-refractivity contribution in [3.8, 4) is 0 Å². The Morgan fingerprint density at radius 2 is 1.43 bits per heavy atom. The van der Waals surface area contributed by atoms with Crippen LogP contribution in [0.2, 0.25) is 0 Å². The van der Waals surface area contributed by atoms with Gasteiger partial charge in [-0.2, -0.15) is 0 Å². The molecule has 23 heavy (non-hydrogen) atoms. The highest BCUT2D eigenvalue weighted by atomic mass is 16.3. The van der Waals surface area contributed by atoms with Crippen LogP contribution in [0.4, 0.5) is 0 Å². The average molecular weight is 316 g/mol. The molecule has 2 nitrogen and oxygen atoms in total. The lowest BCUT2D eigenvalue weighted by atomic mass is 9.83. The van der Waals surface area contributed by atoms with Crippen molar-refractivity contribution in [2.45, 2.75) is 69.5 Å². The van der Waals surface area contributed by atoms with Gasteiger partial charge in [-0.25, -0.2) is 0 Å². The van der Waals surface area contributed by atoms with Gasteiger partial charge in [-0.15, -0.1) is 13.2 Å². The predicted molar refractivity (Wildman–Crippen MR) is 98.4 cm³/mol. The summed E-state index contributed by atoms with van der Waals surface area (Å²) in [6, 6.07) is 10.1. The van der Waals surface area contributed by atoms with E-state index in [4.69, 9.17) is 0 Å². The maximum atomic E-state index is 10.7. The van der Waals surface area contributed by atoms with E-state index in [0.29, 0.717) is 25.7 Å². The molecular formula is C21H32O2. The van der Waals surface area contributed by atoms with Crippen molar-refractivity contribution < 1.29 is 10.2 Å². The topological polar surface area (TPSA) is 40.5 Å². The summed E-state index contributed by atoms with van der Waals surface area (Å²) in [7, 11) is 0. The van der Waals surface area contributed by atoms with Gasteiger partial charge in [-0.05, 0) is 37.7 Å². The van der Waals surface area contributed by atoms with Crippen LogP contribution in [0, 0.1) is 0 Å². The second-order valence-electron chi connectivity index (χ2n) is 6.56. The van der Waals surface area contributed by atoms with Crippen LogP contribution in [-0.4, -0.2) is 21.4 Å². The molecule has 0 bridgehead atoms. The fourth-order valence-electron chi connectivity index (χ4n) is 2.78. The smallest absolute Gasteiger partial charge is 0.0829 e. The lowest BCUT2D eigenvalue weighted by Crippen LogP contribution is -2.33. The van der Waals surface area contributed by atoms with Gasteiger partial charge >= 0.3 is 0 Å². The molecule has 1 aromatic carbocycles. The van der Waals surface area contributed by atoms with E-state index in [1.807, 2.05) is 18.2 Å². The van der Waals surface area contributed by atoms with E-state index in [1.54, 1.807) is 12.2 Å². The van der Waals surface area contributed by atoms with Gasteiger partial charge in [-0.1, -0.05) is 68.7 Å². The summed E-state index contributed by atoms with van der Waals surface area (Å²) in [6.07, 6.45) is 9.58. The van der Waals surface area contributed by atoms with E-state index in [0.717, 1.165) is 25.7 Å². The maximum Gasteiger partial charge on any atom is 0.0829 e. The van der Waals surface area contributed by atoms with Crippen molar-refractivity contribution in [1.29, 1.82) is 0 Å². The van der Waals surface area contributed by atoms with Crippen LogP contribution in [0.1, 0.15) is 57.4 Å². The first-order valence-corrected chi connectivity index (χ1v) is 8.73. The van der Waals surface area contributed by atoms with Crippen LogP contribution < -0.4 is 0 Å². The third-order valence-electron chi connectivity index (χ3n) is 4.65. The van der Waals surface area contributed by atoms with Gasteiger partial charge in [0.1, 0.15) is 0 Å². The molecule has 0 spiro atoms. The van der Waals surface area contributed by atoms with E-state index < -0.39 is 11.2 Å². The summed E-state index contributed by atoms with van der Waals surface area (Å²) >= 11 is 0. The number of rotatable bonds is 12. The molecule has 2 unspecified atom stereocenters. The highest BCUT2D eigenvalue weighted by Gasteiger charge is 2.29. The zero-order valence-corrected chi connectivity index (χ0v) is 14.5. The standard InChI is InChI=1S/C21H32O2/c1-4-7-11-15-20(22,5-2)17-18-21(23,6-3)16-14-19-12-9-8-10-13-19/h5-6,8-10,12-13,22-23H,2-4,7,11,14-18H2,1H3. The summed E-state index contributed by atoms with van der Waals surface area (Å²) < 4.78 is 0. The average Bonchev–Trinajstić information content (AvgIpc) is 2.59. The molecule has 0 radical (unpaired) electrons. The van der Waals surface area contributed by atoms with Gasteiger partial charge in [0.05, 0.1) is 11.2 Å². The third-order valence-corrected chi connectivity index (χ3v) is 4.65. The fraction of sp³-hybridized carbons (Fsp3) is 0.524. The molecule has 1 aromatic rings. The summed E-state index contributed by atoms with van der Waals surface area (Å²) in [5, 5.41) is 21.4. The third kappa shape index (κ3) is 7.15. The number of aliphatic hydroxyl groups is 2. The van der Waals surface area contributed by atoms with E-state index >= 15 is 0 Å². The van der Waals surface area contributed by atoms with Gasteiger partial charge in [0, 0.05) is 0 Å². The minimum absolute atomic E-state index is 0.498. The number of hydrogen-bond donors (Lipinski definition) is 2. The van der Waals surface area contributed by atoms with Gasteiger partial charge in [-0.3, -0.25) is 0 Å². The van der Waals surface area contributed by atoms with Crippen LogP contribution in [-0.2, 0) is 6.42 Å². The Kier molecular flexibility index (Phi) is 8.29.